The molecule has 2 aliphatic heterocycles. The number of rotatable bonds is 4. The average Bonchev–Trinajstić information content (AvgIpc) is 3.25. The van der Waals surface area contributed by atoms with Crippen molar-refractivity contribution in [1.82, 2.24) is 9.97 Å². The lowest BCUT2D eigenvalue weighted by atomic mass is 10.1. The molecule has 0 amide bonds. The van der Waals surface area contributed by atoms with E-state index < -0.39 is 0 Å². The molecule has 5 rings (SSSR count). The maximum Gasteiger partial charge on any atom is 0.228 e. The van der Waals surface area contributed by atoms with Gasteiger partial charge in [-0.25, -0.2) is 4.98 Å². The summed E-state index contributed by atoms with van der Waals surface area (Å²) >= 11 is 6.27. The Labute approximate surface area is 187 Å². The van der Waals surface area contributed by atoms with E-state index in [1.807, 2.05) is 31.2 Å². The molecule has 0 unspecified atom stereocenters. The van der Waals surface area contributed by atoms with Crippen LogP contribution in [0.1, 0.15) is 11.1 Å². The first-order valence-corrected chi connectivity index (χ1v) is 10.9. The number of aryl methyl sites for hydroxylation is 1. The Hall–Kier alpha value is -2.83. The van der Waals surface area contributed by atoms with E-state index in [2.05, 4.69) is 28.0 Å². The van der Waals surface area contributed by atoms with Crippen molar-refractivity contribution in [3.8, 4) is 17.0 Å². The molecular formula is C24H25ClN4O2. The molecule has 6 nitrogen and oxygen atoms in total. The molecule has 1 aromatic heterocycles. The Balaban J connectivity index is 1.65. The topological polar surface area (TPSA) is 50.7 Å². The summed E-state index contributed by atoms with van der Waals surface area (Å²) in [7, 11) is 1.69. The number of hydrogen-bond acceptors (Lipinski definition) is 6. The van der Waals surface area contributed by atoms with Crippen molar-refractivity contribution < 1.29 is 9.47 Å². The second kappa shape index (κ2) is 8.36. The van der Waals surface area contributed by atoms with Crippen LogP contribution in [0.2, 0.25) is 5.02 Å². The van der Waals surface area contributed by atoms with E-state index in [4.69, 9.17) is 31.0 Å². The molecule has 2 aliphatic rings. The zero-order chi connectivity index (χ0) is 21.4. The molecule has 0 saturated carbocycles. The largest absolute Gasteiger partial charge is 0.497 e. The predicted octanol–water partition coefficient (Wildman–Crippen LogP) is 4.64. The third-order valence-electron chi connectivity index (χ3n) is 5.90. The van der Waals surface area contributed by atoms with Crippen LogP contribution in [0.15, 0.2) is 42.5 Å². The lowest BCUT2D eigenvalue weighted by Crippen LogP contribution is -2.37. The molecule has 0 bridgehead atoms. The number of methoxy groups -OCH3 is 1. The summed E-state index contributed by atoms with van der Waals surface area (Å²) in [5.41, 5.74) is 5.34. The number of morpholine rings is 1. The smallest absolute Gasteiger partial charge is 0.228 e. The summed E-state index contributed by atoms with van der Waals surface area (Å²) in [6.45, 7) is 5.84. The van der Waals surface area contributed by atoms with Gasteiger partial charge in [-0.05, 0) is 49.2 Å². The Morgan fingerprint density at radius 2 is 1.87 bits per heavy atom. The lowest BCUT2D eigenvalue weighted by molar-refractivity contribution is 0.122. The Morgan fingerprint density at radius 1 is 1.03 bits per heavy atom. The van der Waals surface area contributed by atoms with E-state index in [0.717, 1.165) is 76.7 Å². The van der Waals surface area contributed by atoms with E-state index >= 15 is 0 Å². The van der Waals surface area contributed by atoms with E-state index in [1.54, 1.807) is 7.11 Å². The number of halogens is 1. The van der Waals surface area contributed by atoms with Crippen LogP contribution in [-0.2, 0) is 11.2 Å². The fraction of sp³-hybridized carbons (Fsp3) is 0.333. The first kappa shape index (κ1) is 20.1. The summed E-state index contributed by atoms with van der Waals surface area (Å²) in [5.74, 6) is 2.54. The van der Waals surface area contributed by atoms with Crippen LogP contribution in [0.3, 0.4) is 0 Å². The highest BCUT2D eigenvalue weighted by Gasteiger charge is 2.29. The van der Waals surface area contributed by atoms with Crippen LogP contribution in [-0.4, -0.2) is 49.9 Å². The molecule has 0 spiro atoms. The zero-order valence-electron chi connectivity index (χ0n) is 17.8. The summed E-state index contributed by atoms with van der Waals surface area (Å²) in [4.78, 5) is 14.5. The molecule has 31 heavy (non-hydrogen) atoms. The molecule has 1 fully saturated rings. The third-order valence-corrected chi connectivity index (χ3v) is 6.33. The molecule has 1 saturated heterocycles. The standard InChI is InChI=1S/C24H25ClN4O2/c1-16-14-18(6-7-21(16)25)29-9-8-20-22(17-4-3-5-19(15-17)30-2)26-24(27-23(20)29)28-10-12-31-13-11-28/h3-7,14-15H,8-13H2,1-2H3. The molecule has 160 valence electrons. The van der Waals surface area contributed by atoms with Crippen LogP contribution in [0, 0.1) is 6.92 Å². The minimum absolute atomic E-state index is 0.690. The lowest BCUT2D eigenvalue weighted by Gasteiger charge is -2.28. The van der Waals surface area contributed by atoms with Crippen molar-refractivity contribution in [3.05, 3.63) is 58.6 Å². The molecule has 3 heterocycles. The van der Waals surface area contributed by atoms with Crippen LogP contribution in [0.25, 0.3) is 11.3 Å². The van der Waals surface area contributed by atoms with Crippen molar-refractivity contribution in [1.29, 1.82) is 0 Å². The van der Waals surface area contributed by atoms with Crippen molar-refractivity contribution in [3.63, 3.8) is 0 Å². The Kier molecular flexibility index (Phi) is 5.42. The normalized spacial score (nSPS) is 15.8. The second-order valence-corrected chi connectivity index (χ2v) is 8.25. The van der Waals surface area contributed by atoms with Crippen LogP contribution >= 0.6 is 11.6 Å². The number of ether oxygens (including phenoxy) is 2. The van der Waals surface area contributed by atoms with E-state index in [9.17, 15) is 0 Å². The number of aromatic nitrogens is 2. The van der Waals surface area contributed by atoms with E-state index in [1.165, 1.54) is 0 Å². The number of anilines is 3. The molecule has 7 heteroatoms. The van der Waals surface area contributed by atoms with Gasteiger partial charge < -0.3 is 19.3 Å². The quantitative estimate of drug-likeness (QED) is 0.593. The summed E-state index contributed by atoms with van der Waals surface area (Å²) in [6, 6.07) is 14.2. The number of fused-ring (bicyclic) bond motifs is 1. The molecular weight excluding hydrogens is 412 g/mol. The van der Waals surface area contributed by atoms with Gasteiger partial charge in [0.2, 0.25) is 5.95 Å². The van der Waals surface area contributed by atoms with Gasteiger partial charge in [-0.1, -0.05) is 23.7 Å². The summed E-state index contributed by atoms with van der Waals surface area (Å²) < 4.78 is 11.0. The van der Waals surface area contributed by atoms with Crippen molar-refractivity contribution in [2.24, 2.45) is 0 Å². The van der Waals surface area contributed by atoms with Gasteiger partial charge >= 0.3 is 0 Å². The van der Waals surface area contributed by atoms with Gasteiger partial charge in [0.1, 0.15) is 11.6 Å². The summed E-state index contributed by atoms with van der Waals surface area (Å²) in [5, 5.41) is 0.775. The number of nitrogens with zero attached hydrogens (tertiary/aromatic N) is 4. The first-order valence-electron chi connectivity index (χ1n) is 10.6. The zero-order valence-corrected chi connectivity index (χ0v) is 18.5. The average molecular weight is 437 g/mol. The fourth-order valence-electron chi connectivity index (χ4n) is 4.21. The van der Waals surface area contributed by atoms with Crippen LogP contribution in [0.4, 0.5) is 17.5 Å². The molecule has 0 aliphatic carbocycles. The van der Waals surface area contributed by atoms with Crippen molar-refractivity contribution in [2.45, 2.75) is 13.3 Å². The molecule has 0 radical (unpaired) electrons. The highest BCUT2D eigenvalue weighted by molar-refractivity contribution is 6.31. The van der Waals surface area contributed by atoms with Crippen LogP contribution < -0.4 is 14.5 Å². The van der Waals surface area contributed by atoms with Crippen molar-refractivity contribution >= 4 is 29.1 Å². The first-order chi connectivity index (χ1) is 15.1. The van der Waals surface area contributed by atoms with Crippen LogP contribution in [0.5, 0.6) is 5.75 Å². The van der Waals surface area contributed by atoms with Crippen molar-refractivity contribution in [2.75, 3.05) is 49.8 Å². The third kappa shape index (κ3) is 3.82. The van der Waals surface area contributed by atoms with Gasteiger partial charge in [-0.15, -0.1) is 0 Å². The van der Waals surface area contributed by atoms with Gasteiger partial charge in [-0.3, -0.25) is 0 Å². The monoisotopic (exact) mass is 436 g/mol. The maximum absolute atomic E-state index is 6.27. The van der Waals surface area contributed by atoms with Gasteiger partial charge in [0.15, 0.2) is 0 Å². The van der Waals surface area contributed by atoms with E-state index in [-0.39, 0.29) is 0 Å². The Morgan fingerprint density at radius 3 is 2.65 bits per heavy atom. The Bertz CT molecular complexity index is 1110. The highest BCUT2D eigenvalue weighted by Crippen LogP contribution is 2.40. The summed E-state index contributed by atoms with van der Waals surface area (Å²) in [6.07, 6.45) is 0.882. The van der Waals surface area contributed by atoms with Gasteiger partial charge in [0.25, 0.3) is 0 Å². The minimum atomic E-state index is 0.690. The maximum atomic E-state index is 6.27. The molecule has 0 atom stereocenters. The molecule has 3 aromatic rings. The van der Waals surface area contributed by atoms with Gasteiger partial charge in [0, 0.05) is 41.5 Å². The highest BCUT2D eigenvalue weighted by atomic mass is 35.5. The fourth-order valence-corrected chi connectivity index (χ4v) is 4.32. The van der Waals surface area contributed by atoms with Gasteiger partial charge in [-0.2, -0.15) is 4.98 Å². The molecule has 0 N–H and O–H groups in total. The van der Waals surface area contributed by atoms with E-state index in [0.29, 0.717) is 13.2 Å². The minimum Gasteiger partial charge on any atom is -0.497 e. The number of hydrogen-bond donors (Lipinski definition) is 0. The van der Waals surface area contributed by atoms with Gasteiger partial charge in [0.05, 0.1) is 26.0 Å². The second-order valence-electron chi connectivity index (χ2n) is 7.84. The SMILES string of the molecule is COc1cccc(-c2nc(N3CCOCC3)nc3c2CCN3c2ccc(Cl)c(C)c2)c1. The molecule has 2 aromatic carbocycles. The number of benzene rings is 2. The predicted molar refractivity (Wildman–Crippen MR) is 124 cm³/mol.